The van der Waals surface area contributed by atoms with Gasteiger partial charge in [-0.3, -0.25) is 4.98 Å². The fourth-order valence-electron chi connectivity index (χ4n) is 3.45. The monoisotopic (exact) mass is 378 g/mol. The summed E-state index contributed by atoms with van der Waals surface area (Å²) in [6.07, 6.45) is 1.80. The summed E-state index contributed by atoms with van der Waals surface area (Å²) in [6.45, 7) is 1.95. The van der Waals surface area contributed by atoms with Gasteiger partial charge in [0.15, 0.2) is 5.11 Å². The van der Waals surface area contributed by atoms with Gasteiger partial charge in [-0.05, 0) is 67.7 Å². The SMILES string of the molecule is Cc1ccc([C@H]2[C@@H](c3ccccn3)NC(=S)N2c2ccc(N(C)C)cc2)o1. The maximum absolute atomic E-state index is 6.00. The minimum atomic E-state index is -0.105. The van der Waals surface area contributed by atoms with E-state index in [4.69, 9.17) is 16.6 Å². The molecule has 1 N–H and O–H groups in total. The minimum Gasteiger partial charge on any atom is -0.464 e. The van der Waals surface area contributed by atoms with E-state index in [0.29, 0.717) is 5.11 Å². The molecule has 0 bridgehead atoms. The fraction of sp³-hybridized carbons (Fsp3) is 0.238. The van der Waals surface area contributed by atoms with Crippen molar-refractivity contribution in [1.82, 2.24) is 10.3 Å². The van der Waals surface area contributed by atoms with Gasteiger partial charge in [0.05, 0.1) is 11.7 Å². The van der Waals surface area contributed by atoms with Crippen LogP contribution in [-0.2, 0) is 0 Å². The van der Waals surface area contributed by atoms with E-state index in [0.717, 1.165) is 28.6 Å². The summed E-state index contributed by atoms with van der Waals surface area (Å²) in [7, 11) is 4.06. The number of aryl methyl sites for hydroxylation is 1. The predicted octanol–water partition coefficient (Wildman–Crippen LogP) is 4.23. The van der Waals surface area contributed by atoms with Gasteiger partial charge in [0.2, 0.25) is 0 Å². The molecule has 4 rings (SSSR count). The maximum Gasteiger partial charge on any atom is 0.174 e. The number of nitrogens with zero attached hydrogens (tertiary/aromatic N) is 3. The molecule has 1 fully saturated rings. The Kier molecular flexibility index (Phi) is 4.58. The number of pyridine rings is 1. The van der Waals surface area contributed by atoms with Crippen LogP contribution in [0.3, 0.4) is 0 Å². The average molecular weight is 379 g/mol. The number of thiocarbonyl (C=S) groups is 1. The van der Waals surface area contributed by atoms with Gasteiger partial charge in [0.1, 0.15) is 17.6 Å². The zero-order valence-electron chi connectivity index (χ0n) is 15.6. The Morgan fingerprint density at radius 3 is 2.44 bits per heavy atom. The lowest BCUT2D eigenvalue weighted by Crippen LogP contribution is -2.29. The van der Waals surface area contributed by atoms with Gasteiger partial charge >= 0.3 is 0 Å². The maximum atomic E-state index is 6.00. The summed E-state index contributed by atoms with van der Waals surface area (Å²) in [4.78, 5) is 8.74. The zero-order chi connectivity index (χ0) is 19.0. The zero-order valence-corrected chi connectivity index (χ0v) is 16.4. The summed E-state index contributed by atoms with van der Waals surface area (Å²) in [5.41, 5.74) is 3.10. The van der Waals surface area contributed by atoms with Crippen LogP contribution >= 0.6 is 12.2 Å². The van der Waals surface area contributed by atoms with Crippen molar-refractivity contribution >= 4 is 28.7 Å². The van der Waals surface area contributed by atoms with Crippen molar-refractivity contribution in [1.29, 1.82) is 0 Å². The van der Waals surface area contributed by atoms with Crippen LogP contribution < -0.4 is 15.1 Å². The van der Waals surface area contributed by atoms with Crippen molar-refractivity contribution in [3.05, 3.63) is 78.0 Å². The van der Waals surface area contributed by atoms with Crippen LogP contribution in [0.1, 0.15) is 29.3 Å². The van der Waals surface area contributed by atoms with Gasteiger partial charge in [-0.15, -0.1) is 0 Å². The highest BCUT2D eigenvalue weighted by Crippen LogP contribution is 2.42. The summed E-state index contributed by atoms with van der Waals surface area (Å²) in [6, 6.07) is 18.1. The summed E-state index contributed by atoms with van der Waals surface area (Å²) in [5.74, 6) is 1.75. The third-order valence-electron chi connectivity index (χ3n) is 4.80. The molecule has 3 heterocycles. The number of hydrogen-bond acceptors (Lipinski definition) is 4. The van der Waals surface area contributed by atoms with Crippen LogP contribution in [0.25, 0.3) is 0 Å². The third kappa shape index (κ3) is 3.28. The molecule has 1 aliphatic heterocycles. The fourth-order valence-corrected chi connectivity index (χ4v) is 3.79. The first-order valence-electron chi connectivity index (χ1n) is 8.89. The van der Waals surface area contributed by atoms with Crippen molar-refractivity contribution in [3.63, 3.8) is 0 Å². The normalized spacial score (nSPS) is 19.2. The van der Waals surface area contributed by atoms with Crippen molar-refractivity contribution in [2.24, 2.45) is 0 Å². The molecule has 1 aromatic carbocycles. The standard InChI is InChI=1S/C21H22N4OS/c1-14-7-12-18(26-14)20-19(17-6-4-5-13-22-17)23-21(27)25(20)16-10-8-15(9-11-16)24(2)3/h4-13,19-20H,1-3H3,(H,23,27)/t19-,20+/m1/s1. The number of aromatic nitrogens is 1. The minimum absolute atomic E-state index is 0.0854. The molecule has 138 valence electrons. The lowest BCUT2D eigenvalue weighted by atomic mass is 10.0. The van der Waals surface area contributed by atoms with Crippen molar-refractivity contribution in [3.8, 4) is 0 Å². The van der Waals surface area contributed by atoms with Crippen molar-refractivity contribution < 1.29 is 4.42 Å². The average Bonchev–Trinajstić information content (AvgIpc) is 3.25. The van der Waals surface area contributed by atoms with Crippen LogP contribution in [0, 0.1) is 6.92 Å². The molecule has 5 nitrogen and oxygen atoms in total. The molecule has 0 spiro atoms. The number of benzene rings is 1. The molecule has 1 aliphatic rings. The van der Waals surface area contributed by atoms with Crippen molar-refractivity contribution in [2.45, 2.75) is 19.0 Å². The number of hydrogen-bond donors (Lipinski definition) is 1. The Labute approximate surface area is 164 Å². The van der Waals surface area contributed by atoms with Gasteiger partial charge in [-0.2, -0.15) is 0 Å². The number of anilines is 2. The Bertz CT molecular complexity index is 936. The van der Waals surface area contributed by atoms with E-state index in [1.807, 2.05) is 51.4 Å². The van der Waals surface area contributed by atoms with Gasteiger partial charge in [0.25, 0.3) is 0 Å². The van der Waals surface area contributed by atoms with E-state index >= 15 is 0 Å². The third-order valence-corrected chi connectivity index (χ3v) is 5.11. The second kappa shape index (κ2) is 7.04. The molecule has 0 saturated carbocycles. The Morgan fingerprint density at radius 1 is 1.07 bits per heavy atom. The highest BCUT2D eigenvalue weighted by Gasteiger charge is 2.42. The van der Waals surface area contributed by atoms with E-state index in [9.17, 15) is 0 Å². The van der Waals surface area contributed by atoms with E-state index in [2.05, 4.69) is 44.4 Å². The van der Waals surface area contributed by atoms with Gasteiger partial charge in [0, 0.05) is 31.7 Å². The van der Waals surface area contributed by atoms with Crippen LogP contribution in [0.4, 0.5) is 11.4 Å². The number of rotatable bonds is 4. The molecule has 3 aromatic rings. The van der Waals surface area contributed by atoms with Gasteiger partial charge in [-0.1, -0.05) is 6.07 Å². The quantitative estimate of drug-likeness (QED) is 0.686. The smallest absolute Gasteiger partial charge is 0.174 e. The first kappa shape index (κ1) is 17.5. The largest absolute Gasteiger partial charge is 0.464 e. The number of nitrogens with one attached hydrogen (secondary N) is 1. The topological polar surface area (TPSA) is 44.5 Å². The van der Waals surface area contributed by atoms with E-state index < -0.39 is 0 Å². The molecule has 1 saturated heterocycles. The Hall–Kier alpha value is -2.86. The second-order valence-electron chi connectivity index (χ2n) is 6.86. The van der Waals surface area contributed by atoms with Crippen LogP contribution in [-0.4, -0.2) is 24.2 Å². The van der Waals surface area contributed by atoms with Gasteiger partial charge < -0.3 is 19.5 Å². The molecule has 0 radical (unpaired) electrons. The lowest BCUT2D eigenvalue weighted by Gasteiger charge is -2.26. The molecule has 2 aromatic heterocycles. The highest BCUT2D eigenvalue weighted by molar-refractivity contribution is 7.80. The highest BCUT2D eigenvalue weighted by atomic mass is 32.1. The number of furan rings is 1. The Balaban J connectivity index is 1.78. The first-order valence-corrected chi connectivity index (χ1v) is 9.30. The van der Waals surface area contributed by atoms with Crippen LogP contribution in [0.5, 0.6) is 0 Å². The second-order valence-corrected chi connectivity index (χ2v) is 7.24. The molecular formula is C21H22N4OS. The Morgan fingerprint density at radius 2 is 1.85 bits per heavy atom. The molecule has 0 amide bonds. The van der Waals surface area contributed by atoms with Crippen LogP contribution in [0.15, 0.2) is 65.2 Å². The van der Waals surface area contributed by atoms with E-state index in [1.54, 1.807) is 6.20 Å². The molecule has 0 unspecified atom stereocenters. The molecule has 2 atom stereocenters. The molecule has 6 heteroatoms. The predicted molar refractivity (Wildman–Crippen MR) is 112 cm³/mol. The van der Waals surface area contributed by atoms with Crippen molar-refractivity contribution in [2.75, 3.05) is 23.9 Å². The summed E-state index contributed by atoms with van der Waals surface area (Å²) in [5, 5.41) is 4.11. The molecule has 27 heavy (non-hydrogen) atoms. The molecular weight excluding hydrogens is 356 g/mol. The first-order chi connectivity index (χ1) is 13.0. The van der Waals surface area contributed by atoms with Crippen LogP contribution in [0.2, 0.25) is 0 Å². The lowest BCUT2D eigenvalue weighted by molar-refractivity contribution is 0.418. The van der Waals surface area contributed by atoms with E-state index in [1.165, 1.54) is 0 Å². The summed E-state index contributed by atoms with van der Waals surface area (Å²) >= 11 is 5.70. The molecule has 0 aliphatic carbocycles. The van der Waals surface area contributed by atoms with E-state index in [-0.39, 0.29) is 12.1 Å². The van der Waals surface area contributed by atoms with Gasteiger partial charge in [-0.25, -0.2) is 0 Å². The summed E-state index contributed by atoms with van der Waals surface area (Å²) < 4.78 is 6.00.